The Morgan fingerprint density at radius 3 is 1.94 bits per heavy atom. The molecule has 3 nitrogen and oxygen atoms in total. The second kappa shape index (κ2) is 3.95. The van der Waals surface area contributed by atoms with Crippen molar-refractivity contribution in [2.75, 3.05) is 18.1 Å². The molecule has 1 aliphatic carbocycles. The van der Waals surface area contributed by atoms with Gasteiger partial charge in [0.2, 0.25) is 0 Å². The van der Waals surface area contributed by atoms with E-state index in [1.807, 2.05) is 0 Å². The van der Waals surface area contributed by atoms with Crippen molar-refractivity contribution in [1.29, 1.82) is 0 Å². The fraction of sp³-hybridized carbons (Fsp3) is 1.00. The lowest BCUT2D eigenvalue weighted by Gasteiger charge is -2.23. The first-order chi connectivity index (χ1) is 7.67. The average Bonchev–Trinajstić information content (AvgIpc) is 2.57. The highest BCUT2D eigenvalue weighted by Crippen LogP contribution is 2.67. The van der Waals surface area contributed by atoms with Crippen molar-refractivity contribution in [3.05, 3.63) is 0 Å². The number of nitrogens with one attached hydrogen (secondary N) is 1. The predicted molar refractivity (Wildman–Crippen MR) is 70.7 cm³/mol. The lowest BCUT2D eigenvalue weighted by molar-refractivity contribution is 0.429. The van der Waals surface area contributed by atoms with Crippen molar-refractivity contribution in [3.63, 3.8) is 0 Å². The van der Waals surface area contributed by atoms with Gasteiger partial charge in [-0.1, -0.05) is 27.7 Å². The van der Waals surface area contributed by atoms with Crippen LogP contribution in [0.5, 0.6) is 0 Å². The maximum Gasteiger partial charge on any atom is 0.150 e. The van der Waals surface area contributed by atoms with E-state index in [9.17, 15) is 8.42 Å². The van der Waals surface area contributed by atoms with Gasteiger partial charge < -0.3 is 5.32 Å². The highest BCUT2D eigenvalue weighted by molar-refractivity contribution is 7.91. The first-order valence-electron chi connectivity index (χ1n) is 6.61. The van der Waals surface area contributed by atoms with Gasteiger partial charge in [-0.3, -0.25) is 0 Å². The van der Waals surface area contributed by atoms with Crippen LogP contribution in [0.15, 0.2) is 0 Å². The fourth-order valence-corrected chi connectivity index (χ4v) is 4.71. The minimum absolute atomic E-state index is 0.363. The zero-order valence-corrected chi connectivity index (χ0v) is 12.2. The third-order valence-electron chi connectivity index (χ3n) is 5.48. The molecule has 2 aliphatic rings. The molecule has 0 bridgehead atoms. The van der Waals surface area contributed by atoms with Gasteiger partial charge >= 0.3 is 0 Å². The van der Waals surface area contributed by atoms with Gasteiger partial charge in [0.25, 0.3) is 0 Å². The molecule has 1 aliphatic heterocycles. The van der Waals surface area contributed by atoms with Crippen molar-refractivity contribution >= 4 is 9.84 Å². The van der Waals surface area contributed by atoms with Gasteiger partial charge in [0.05, 0.1) is 11.5 Å². The van der Waals surface area contributed by atoms with E-state index < -0.39 is 9.84 Å². The molecular weight excluding hydrogens is 234 g/mol. The zero-order chi connectivity index (χ0) is 12.9. The van der Waals surface area contributed by atoms with Gasteiger partial charge in [0.1, 0.15) is 9.84 Å². The van der Waals surface area contributed by atoms with Crippen molar-refractivity contribution in [2.45, 2.75) is 46.6 Å². The van der Waals surface area contributed by atoms with Crippen molar-refractivity contribution in [2.24, 2.45) is 16.7 Å². The van der Waals surface area contributed by atoms with Crippen LogP contribution in [0.4, 0.5) is 0 Å². The van der Waals surface area contributed by atoms with E-state index in [4.69, 9.17) is 0 Å². The summed E-state index contributed by atoms with van der Waals surface area (Å²) in [6.45, 7) is 10.3. The molecule has 2 fully saturated rings. The van der Waals surface area contributed by atoms with Gasteiger partial charge in [0, 0.05) is 6.04 Å². The summed E-state index contributed by atoms with van der Waals surface area (Å²) >= 11 is 0. The van der Waals surface area contributed by atoms with Crippen LogP contribution in [-0.4, -0.2) is 32.5 Å². The molecule has 1 saturated carbocycles. The number of sulfone groups is 1. The smallest absolute Gasteiger partial charge is 0.150 e. The molecule has 0 atom stereocenters. The average molecular weight is 259 g/mol. The van der Waals surface area contributed by atoms with Crippen molar-refractivity contribution in [1.82, 2.24) is 5.32 Å². The Balaban J connectivity index is 1.78. The van der Waals surface area contributed by atoms with E-state index in [0.717, 1.165) is 19.4 Å². The molecule has 17 heavy (non-hydrogen) atoms. The van der Waals surface area contributed by atoms with Gasteiger partial charge in [-0.25, -0.2) is 8.42 Å². The summed E-state index contributed by atoms with van der Waals surface area (Å²) in [5.41, 5.74) is 0.835. The van der Waals surface area contributed by atoms with Crippen LogP contribution in [0.1, 0.15) is 40.5 Å². The van der Waals surface area contributed by atoms with E-state index in [1.54, 1.807) is 0 Å². The predicted octanol–water partition coefficient (Wildman–Crippen LogP) is 1.84. The Hall–Kier alpha value is -0.0900. The minimum atomic E-state index is -2.72. The van der Waals surface area contributed by atoms with Crippen molar-refractivity contribution < 1.29 is 8.42 Å². The molecule has 0 radical (unpaired) electrons. The van der Waals surface area contributed by atoms with Gasteiger partial charge in [0.15, 0.2) is 0 Å². The Bertz CT molecular complexity index is 370. The molecule has 1 N–H and O–H groups in total. The second-order valence-electron chi connectivity index (χ2n) is 6.83. The topological polar surface area (TPSA) is 46.2 Å². The standard InChI is InChI=1S/C13H25NO2S/c1-12(2)11(13(12,3)4)9-14-10-5-7-17(15,16)8-6-10/h10-11,14H,5-9H2,1-4H3. The van der Waals surface area contributed by atoms with Gasteiger partial charge in [-0.05, 0) is 36.1 Å². The Labute approximate surface area is 105 Å². The van der Waals surface area contributed by atoms with E-state index in [0.29, 0.717) is 34.3 Å². The molecule has 2 rings (SSSR count). The summed E-state index contributed by atoms with van der Waals surface area (Å²) in [6, 6.07) is 0.408. The first kappa shape index (κ1) is 13.3. The Morgan fingerprint density at radius 1 is 1.06 bits per heavy atom. The molecule has 100 valence electrons. The van der Waals surface area contributed by atoms with Crippen LogP contribution in [0.25, 0.3) is 0 Å². The van der Waals surface area contributed by atoms with E-state index in [2.05, 4.69) is 33.0 Å². The molecule has 0 amide bonds. The van der Waals surface area contributed by atoms with E-state index >= 15 is 0 Å². The summed E-state index contributed by atoms with van der Waals surface area (Å²) in [5, 5.41) is 3.57. The summed E-state index contributed by atoms with van der Waals surface area (Å²) in [4.78, 5) is 0. The largest absolute Gasteiger partial charge is 0.314 e. The van der Waals surface area contributed by atoms with Crippen LogP contribution in [0, 0.1) is 16.7 Å². The fourth-order valence-electron chi connectivity index (χ4n) is 3.22. The van der Waals surface area contributed by atoms with Crippen LogP contribution in [0.3, 0.4) is 0 Å². The molecular formula is C13H25NO2S. The molecule has 0 spiro atoms. The molecule has 0 unspecified atom stereocenters. The molecule has 0 aromatic carbocycles. The summed E-state index contributed by atoms with van der Waals surface area (Å²) in [5.74, 6) is 1.44. The highest BCUT2D eigenvalue weighted by Gasteiger charge is 2.63. The third-order valence-corrected chi connectivity index (χ3v) is 7.20. The lowest BCUT2D eigenvalue weighted by Crippen LogP contribution is -2.38. The Morgan fingerprint density at radius 2 is 1.53 bits per heavy atom. The molecule has 1 heterocycles. The summed E-state index contributed by atoms with van der Waals surface area (Å²) < 4.78 is 22.6. The summed E-state index contributed by atoms with van der Waals surface area (Å²) in [7, 11) is -2.72. The lowest BCUT2D eigenvalue weighted by atomic mass is 10.0. The van der Waals surface area contributed by atoms with Crippen LogP contribution >= 0.6 is 0 Å². The number of hydrogen-bond donors (Lipinski definition) is 1. The molecule has 0 aromatic rings. The van der Waals surface area contributed by atoms with Gasteiger partial charge in [-0.2, -0.15) is 0 Å². The number of hydrogen-bond acceptors (Lipinski definition) is 3. The molecule has 0 aromatic heterocycles. The van der Waals surface area contributed by atoms with Crippen molar-refractivity contribution in [3.8, 4) is 0 Å². The normalized spacial score (nSPS) is 31.3. The highest BCUT2D eigenvalue weighted by atomic mass is 32.2. The van der Waals surface area contributed by atoms with E-state index in [1.165, 1.54) is 0 Å². The first-order valence-corrected chi connectivity index (χ1v) is 8.43. The zero-order valence-electron chi connectivity index (χ0n) is 11.4. The maximum absolute atomic E-state index is 11.3. The van der Waals surface area contributed by atoms with E-state index in [-0.39, 0.29) is 0 Å². The number of rotatable bonds is 3. The second-order valence-corrected chi connectivity index (χ2v) is 9.13. The molecule has 1 saturated heterocycles. The van der Waals surface area contributed by atoms with Crippen LogP contribution in [-0.2, 0) is 9.84 Å². The third kappa shape index (κ3) is 2.39. The van der Waals surface area contributed by atoms with Crippen LogP contribution < -0.4 is 5.32 Å². The SMILES string of the molecule is CC1(C)C(CNC2CCS(=O)(=O)CC2)C1(C)C. The Kier molecular flexibility index (Phi) is 3.10. The van der Waals surface area contributed by atoms with Crippen LogP contribution in [0.2, 0.25) is 0 Å². The monoisotopic (exact) mass is 259 g/mol. The molecule has 4 heteroatoms. The van der Waals surface area contributed by atoms with Gasteiger partial charge in [-0.15, -0.1) is 0 Å². The summed E-state index contributed by atoms with van der Waals surface area (Å²) in [6.07, 6.45) is 1.58. The maximum atomic E-state index is 11.3. The minimum Gasteiger partial charge on any atom is -0.314 e. The quantitative estimate of drug-likeness (QED) is 0.841.